The number of nitrogens with two attached hydrogens (primary N) is 1. The fraction of sp³-hybridized carbons (Fsp3) is 0.771. The van der Waals surface area contributed by atoms with E-state index in [-0.39, 0.29) is 19.4 Å². The van der Waals surface area contributed by atoms with Crippen LogP contribution in [-0.2, 0) is 37.5 Å². The van der Waals surface area contributed by atoms with Crippen molar-refractivity contribution in [1.82, 2.24) is 0 Å². The first-order valence-electron chi connectivity index (χ1n) is 23.7. The van der Waals surface area contributed by atoms with Crippen LogP contribution in [-0.4, -0.2) is 59.9 Å². The molecule has 0 saturated carbocycles. The number of aliphatic carboxylic acids is 1. The number of rotatable bonds is 44. The minimum Gasteiger partial charge on any atom is -0.480 e. The Hall–Kier alpha value is -2.56. The van der Waals surface area contributed by atoms with Crippen molar-refractivity contribution in [2.24, 2.45) is 5.73 Å². The number of hydrogen-bond acceptors (Lipinski definition) is 9. The lowest BCUT2D eigenvalue weighted by Gasteiger charge is -2.20. The first kappa shape index (κ1) is 57.4. The minimum absolute atomic E-state index is 0.153. The van der Waals surface area contributed by atoms with Gasteiger partial charge in [0.1, 0.15) is 12.6 Å². The molecule has 0 fully saturated rings. The van der Waals surface area contributed by atoms with Gasteiger partial charge in [0.15, 0.2) is 6.10 Å². The number of hydrogen-bond donors (Lipinski definition) is 3. The van der Waals surface area contributed by atoms with Crippen molar-refractivity contribution in [1.29, 1.82) is 0 Å². The molecule has 0 spiro atoms. The van der Waals surface area contributed by atoms with E-state index in [0.717, 1.165) is 64.2 Å². The molecule has 1 unspecified atom stereocenters. The van der Waals surface area contributed by atoms with Crippen LogP contribution in [0.2, 0.25) is 0 Å². The van der Waals surface area contributed by atoms with E-state index < -0.39 is 51.1 Å². The highest BCUT2D eigenvalue weighted by Gasteiger charge is 2.28. The number of phosphoric ester groups is 1. The molecule has 0 aliphatic rings. The van der Waals surface area contributed by atoms with Crippen LogP contribution >= 0.6 is 7.82 Å². The maximum Gasteiger partial charge on any atom is 0.472 e. The van der Waals surface area contributed by atoms with Crippen LogP contribution < -0.4 is 5.73 Å². The second kappa shape index (κ2) is 43.1. The molecule has 0 rings (SSSR count). The number of carbonyl (C=O) groups excluding carboxylic acids is 2. The molecule has 0 bridgehead atoms. The van der Waals surface area contributed by atoms with Crippen LogP contribution in [0.3, 0.4) is 0 Å². The molecule has 0 aliphatic heterocycles. The van der Waals surface area contributed by atoms with E-state index in [9.17, 15) is 23.8 Å². The molecule has 0 aliphatic carbocycles. The number of carbonyl (C=O) groups is 3. The molecule has 0 amide bonds. The van der Waals surface area contributed by atoms with Crippen LogP contribution in [0.15, 0.2) is 48.6 Å². The molecule has 12 heteroatoms. The van der Waals surface area contributed by atoms with Crippen molar-refractivity contribution in [3.05, 3.63) is 48.6 Å². The summed E-state index contributed by atoms with van der Waals surface area (Å²) in [6, 6.07) is -1.53. The summed E-state index contributed by atoms with van der Waals surface area (Å²) in [5.74, 6) is -2.41. The smallest absolute Gasteiger partial charge is 0.472 e. The van der Waals surface area contributed by atoms with Crippen molar-refractivity contribution >= 4 is 25.7 Å². The first-order valence-corrected chi connectivity index (χ1v) is 25.2. The van der Waals surface area contributed by atoms with Gasteiger partial charge in [-0.15, -0.1) is 0 Å². The van der Waals surface area contributed by atoms with E-state index in [1.807, 2.05) is 0 Å². The lowest BCUT2D eigenvalue weighted by Crippen LogP contribution is -2.34. The molecule has 0 aromatic carbocycles. The molecule has 11 nitrogen and oxygen atoms in total. The van der Waals surface area contributed by atoms with E-state index in [0.29, 0.717) is 12.8 Å². The topological polar surface area (TPSA) is 172 Å². The summed E-state index contributed by atoms with van der Waals surface area (Å²) in [4.78, 5) is 46.1. The Balaban J connectivity index is 4.35. The number of unbranched alkanes of at least 4 members (excludes halogenated alkanes) is 22. The third-order valence-corrected chi connectivity index (χ3v) is 11.0. The number of allylic oxidation sites excluding steroid dienone is 8. The summed E-state index contributed by atoms with van der Waals surface area (Å²) < 4.78 is 32.8. The Labute approximate surface area is 365 Å². The van der Waals surface area contributed by atoms with E-state index in [1.54, 1.807) is 0 Å². The van der Waals surface area contributed by atoms with Crippen LogP contribution in [0.1, 0.15) is 206 Å². The predicted octanol–water partition coefficient (Wildman–Crippen LogP) is 13.0. The molecular weight excluding hydrogens is 781 g/mol. The molecule has 60 heavy (non-hydrogen) atoms. The molecule has 348 valence electrons. The second-order valence-electron chi connectivity index (χ2n) is 15.9. The Morgan fingerprint density at radius 3 is 1.37 bits per heavy atom. The highest BCUT2D eigenvalue weighted by atomic mass is 31.2. The maximum absolute atomic E-state index is 12.7. The van der Waals surface area contributed by atoms with Crippen molar-refractivity contribution < 1.29 is 47.5 Å². The second-order valence-corrected chi connectivity index (χ2v) is 17.3. The fourth-order valence-corrected chi connectivity index (χ4v) is 7.08. The standard InChI is InChI=1S/C48H86NO10P/c1-3-5-7-9-11-13-15-17-19-21-22-24-26-28-30-32-34-36-38-40-47(51)59-44(42-57-60(54,55)58-43-45(49)48(52)53)41-56-46(50)39-37-35-33-31-29-27-25-23-20-18-16-14-12-10-8-6-4-2/h12,14,17-20,25,27,44-45H,3-11,13,15-16,21-24,26,28-43,49H2,1-2H3,(H,52,53)(H,54,55)/b14-12-,19-17-,20-18-,27-25-/t44-,45+/m1/s1. The summed E-state index contributed by atoms with van der Waals surface area (Å²) in [5, 5.41) is 8.90. The van der Waals surface area contributed by atoms with Gasteiger partial charge < -0.3 is 25.2 Å². The molecular formula is C48H86NO10P. The van der Waals surface area contributed by atoms with Gasteiger partial charge in [-0.25, -0.2) is 4.57 Å². The van der Waals surface area contributed by atoms with Gasteiger partial charge in [0, 0.05) is 12.8 Å². The van der Waals surface area contributed by atoms with Gasteiger partial charge in [0.25, 0.3) is 0 Å². The molecule has 0 heterocycles. The van der Waals surface area contributed by atoms with Gasteiger partial charge in [0.2, 0.25) is 0 Å². The zero-order valence-corrected chi connectivity index (χ0v) is 38.7. The lowest BCUT2D eigenvalue weighted by molar-refractivity contribution is -0.161. The number of ether oxygens (including phenoxy) is 2. The molecule has 4 N–H and O–H groups in total. The van der Waals surface area contributed by atoms with Gasteiger partial charge in [-0.05, 0) is 77.0 Å². The summed E-state index contributed by atoms with van der Waals surface area (Å²) in [5.41, 5.74) is 5.34. The number of carboxylic acids is 1. The monoisotopic (exact) mass is 868 g/mol. The third kappa shape index (κ3) is 42.1. The first-order chi connectivity index (χ1) is 29.1. The average molecular weight is 868 g/mol. The third-order valence-electron chi connectivity index (χ3n) is 10.0. The van der Waals surface area contributed by atoms with Gasteiger partial charge in [0.05, 0.1) is 13.2 Å². The van der Waals surface area contributed by atoms with Crippen LogP contribution in [0.5, 0.6) is 0 Å². The Morgan fingerprint density at radius 1 is 0.517 bits per heavy atom. The van der Waals surface area contributed by atoms with E-state index >= 15 is 0 Å². The van der Waals surface area contributed by atoms with E-state index in [4.69, 9.17) is 24.8 Å². The molecule has 0 saturated heterocycles. The lowest BCUT2D eigenvalue weighted by atomic mass is 10.1. The van der Waals surface area contributed by atoms with Crippen LogP contribution in [0.4, 0.5) is 0 Å². The van der Waals surface area contributed by atoms with E-state index in [1.165, 1.54) is 103 Å². The van der Waals surface area contributed by atoms with Crippen molar-refractivity contribution in [2.75, 3.05) is 19.8 Å². The Bertz CT molecular complexity index is 1200. The highest BCUT2D eigenvalue weighted by molar-refractivity contribution is 7.47. The summed E-state index contributed by atoms with van der Waals surface area (Å²) in [6.07, 6.45) is 48.8. The minimum atomic E-state index is -4.73. The normalized spacial score (nSPS) is 14.1. The zero-order chi connectivity index (χ0) is 44.2. The summed E-state index contributed by atoms with van der Waals surface area (Å²) >= 11 is 0. The molecule has 0 radical (unpaired) electrons. The van der Waals surface area contributed by atoms with Gasteiger partial charge in [-0.2, -0.15) is 0 Å². The van der Waals surface area contributed by atoms with Crippen molar-refractivity contribution in [2.45, 2.75) is 219 Å². The maximum atomic E-state index is 12.7. The predicted molar refractivity (Wildman–Crippen MR) is 245 cm³/mol. The SMILES string of the molecule is CCCCC/C=C\C/C=C\C/C=C\CCCCCCC(=O)OC[C@H](COP(=O)(O)OC[C@H](N)C(=O)O)OC(=O)CCCCCCCCCCC/C=C\CCCCCCCC. The quantitative estimate of drug-likeness (QED) is 0.0230. The number of esters is 2. The van der Waals surface area contributed by atoms with Gasteiger partial charge >= 0.3 is 25.7 Å². The van der Waals surface area contributed by atoms with Gasteiger partial charge in [-0.1, -0.05) is 165 Å². The van der Waals surface area contributed by atoms with Crippen LogP contribution in [0.25, 0.3) is 0 Å². The zero-order valence-electron chi connectivity index (χ0n) is 37.8. The number of carboxylic acid groups (broad SMARTS) is 1. The van der Waals surface area contributed by atoms with Crippen LogP contribution in [0, 0.1) is 0 Å². The largest absolute Gasteiger partial charge is 0.480 e. The Morgan fingerprint density at radius 2 is 0.883 bits per heavy atom. The number of phosphoric acid groups is 1. The fourth-order valence-electron chi connectivity index (χ4n) is 6.30. The van der Waals surface area contributed by atoms with Crippen molar-refractivity contribution in [3.8, 4) is 0 Å². The molecule has 0 aromatic heterocycles. The summed E-state index contributed by atoms with van der Waals surface area (Å²) in [7, 11) is -4.73. The Kier molecular flexibility index (Phi) is 41.3. The van der Waals surface area contributed by atoms with E-state index in [2.05, 4.69) is 67.0 Å². The van der Waals surface area contributed by atoms with Gasteiger partial charge in [-0.3, -0.25) is 23.4 Å². The molecule has 3 atom stereocenters. The average Bonchev–Trinajstić information content (AvgIpc) is 3.22. The summed E-state index contributed by atoms with van der Waals surface area (Å²) in [6.45, 7) is 2.76. The molecule has 0 aromatic rings. The van der Waals surface area contributed by atoms with Crippen molar-refractivity contribution in [3.63, 3.8) is 0 Å². The highest BCUT2D eigenvalue weighted by Crippen LogP contribution is 2.43.